The predicted octanol–water partition coefficient (Wildman–Crippen LogP) is 8.83. The number of aromatic nitrogens is 1. The third kappa shape index (κ3) is 5.72. The Morgan fingerprint density at radius 3 is 1.80 bits per heavy atom. The fraction of sp³-hybridized carbons (Fsp3) is 0.162. The van der Waals surface area contributed by atoms with Crippen LogP contribution in [-0.2, 0) is 0 Å². The van der Waals surface area contributed by atoms with Crippen LogP contribution in [0.2, 0.25) is 0 Å². The molecule has 0 atom stereocenters. The quantitative estimate of drug-likeness (QED) is 0.141. The molecule has 2 aliphatic heterocycles. The van der Waals surface area contributed by atoms with Gasteiger partial charge in [0.2, 0.25) is 0 Å². The Labute approximate surface area is 278 Å². The minimum Gasteiger partial charge on any atom is -0.390 e. The summed E-state index contributed by atoms with van der Waals surface area (Å²) in [4.78, 5) is 4.07. The second-order valence-electron chi connectivity index (χ2n) is 12.1. The summed E-state index contributed by atoms with van der Waals surface area (Å²) in [6.45, 7) is -0.368. The zero-order valence-corrected chi connectivity index (χ0v) is 28.5. The zero-order valence-electron chi connectivity index (χ0n) is 26.4. The summed E-state index contributed by atoms with van der Waals surface area (Å²) in [6.07, 6.45) is 9.32. The molecule has 2 aliphatic rings. The van der Waals surface area contributed by atoms with Gasteiger partial charge in [-0.2, -0.15) is 0 Å². The molecule has 45 heavy (non-hydrogen) atoms. The lowest BCUT2D eigenvalue weighted by Gasteiger charge is -2.34. The van der Waals surface area contributed by atoms with Crippen molar-refractivity contribution in [2.24, 2.45) is 0 Å². The van der Waals surface area contributed by atoms with Gasteiger partial charge in [-0.05, 0) is 113 Å². The molecule has 0 N–H and O–H groups in total. The number of allylic oxidation sites excluding steroid dienone is 3. The van der Waals surface area contributed by atoms with Gasteiger partial charge in [-0.3, -0.25) is 0 Å². The molecule has 0 amide bonds. The van der Waals surface area contributed by atoms with Crippen molar-refractivity contribution in [3.8, 4) is 0 Å². The Kier molecular flexibility index (Phi) is 8.20. The van der Waals surface area contributed by atoms with Crippen LogP contribution in [0.5, 0.6) is 0 Å². The summed E-state index contributed by atoms with van der Waals surface area (Å²) in [5, 5.41) is 0. The number of halogens is 3. The van der Waals surface area contributed by atoms with Crippen LogP contribution in [-0.4, -0.2) is 49.8 Å². The van der Waals surface area contributed by atoms with Gasteiger partial charge in [0, 0.05) is 72.2 Å². The molecule has 0 saturated heterocycles. The van der Waals surface area contributed by atoms with Crippen molar-refractivity contribution in [1.29, 1.82) is 0 Å². The highest BCUT2D eigenvalue weighted by molar-refractivity contribution is 14.1. The Hall–Kier alpha value is -4.18. The van der Waals surface area contributed by atoms with Crippen LogP contribution in [0.1, 0.15) is 40.6 Å². The lowest BCUT2D eigenvalue weighted by molar-refractivity contribution is -0.362. The molecule has 1 aromatic heterocycles. The van der Waals surface area contributed by atoms with Crippen molar-refractivity contribution in [1.82, 2.24) is 4.48 Å². The van der Waals surface area contributed by atoms with Crippen LogP contribution < -0.4 is 9.80 Å². The molecular weight excluding hydrogens is 676 g/mol. The molecule has 4 aromatic rings. The van der Waals surface area contributed by atoms with Gasteiger partial charge in [0.05, 0.1) is 5.57 Å². The maximum Gasteiger partial charge on any atom is 0.737 e. The first-order chi connectivity index (χ1) is 21.5. The van der Waals surface area contributed by atoms with E-state index in [2.05, 4.69) is 22.6 Å². The van der Waals surface area contributed by atoms with E-state index in [1.54, 1.807) is 0 Å². The molecule has 8 heteroatoms. The number of aryl methyl sites for hydroxylation is 1. The third-order valence-corrected chi connectivity index (χ3v) is 9.17. The number of fused-ring (bicyclic) bond motifs is 2. The summed E-state index contributed by atoms with van der Waals surface area (Å²) in [7, 11) is 7.98. The minimum absolute atomic E-state index is 0.471. The third-order valence-electron chi connectivity index (χ3n) is 8.45. The van der Waals surface area contributed by atoms with Crippen molar-refractivity contribution in [3.05, 3.63) is 139 Å². The van der Waals surface area contributed by atoms with Gasteiger partial charge in [0.25, 0.3) is 0 Å². The summed E-state index contributed by atoms with van der Waals surface area (Å²) in [6, 6.07) is 26.1. The van der Waals surface area contributed by atoms with E-state index in [0.717, 1.165) is 48.3 Å². The van der Waals surface area contributed by atoms with Crippen LogP contribution in [0.3, 0.4) is 0 Å². The monoisotopic (exact) mass is 712 g/mol. The van der Waals surface area contributed by atoms with Gasteiger partial charge in [-0.25, -0.2) is 0 Å². The SMILES string of the molecule is CC1=CC(/C=C/c2ccc(N(C)C)cc2)=[N+]2C1=C(c1ccc(I)cc1)c1c(C)cc(/C=C/c3ccc(N(C)C)cc3)n1[B-]2(F)F. The average Bonchev–Trinajstić information content (AvgIpc) is 3.53. The van der Waals surface area contributed by atoms with E-state index in [1.165, 1.54) is 8.96 Å². The molecule has 0 spiro atoms. The number of hydrogen-bond donors (Lipinski definition) is 0. The molecule has 0 fully saturated rings. The van der Waals surface area contributed by atoms with Crippen LogP contribution >= 0.6 is 22.6 Å². The maximum atomic E-state index is 17.1. The molecular formula is C37H36BF2IN4. The first-order valence-corrected chi connectivity index (χ1v) is 16.0. The van der Waals surface area contributed by atoms with Crippen molar-refractivity contribution in [3.63, 3.8) is 0 Å². The van der Waals surface area contributed by atoms with Crippen molar-refractivity contribution in [2.75, 3.05) is 38.0 Å². The second kappa shape index (κ2) is 12.0. The number of hydrogen-bond acceptors (Lipinski definition) is 2. The number of anilines is 2. The number of benzene rings is 3. The number of nitrogens with zero attached hydrogens (tertiary/aromatic N) is 4. The van der Waals surface area contributed by atoms with Gasteiger partial charge < -0.3 is 27.4 Å². The largest absolute Gasteiger partial charge is 0.737 e. The molecule has 0 unspecified atom stereocenters. The van der Waals surface area contributed by atoms with Crippen molar-refractivity contribution in [2.45, 2.75) is 13.8 Å². The van der Waals surface area contributed by atoms with Crippen molar-refractivity contribution < 1.29 is 13.1 Å². The van der Waals surface area contributed by atoms with Crippen LogP contribution in [0.4, 0.5) is 20.0 Å². The van der Waals surface area contributed by atoms with Gasteiger partial charge in [-0.15, -0.1) is 0 Å². The zero-order chi connectivity index (χ0) is 32.0. The maximum absolute atomic E-state index is 17.1. The topological polar surface area (TPSA) is 14.4 Å². The van der Waals surface area contributed by atoms with E-state index in [0.29, 0.717) is 22.8 Å². The highest BCUT2D eigenvalue weighted by atomic mass is 127. The van der Waals surface area contributed by atoms with E-state index in [1.807, 2.05) is 161 Å². The lowest BCUT2D eigenvalue weighted by Crippen LogP contribution is -2.51. The van der Waals surface area contributed by atoms with Crippen molar-refractivity contribution >= 4 is 70.4 Å². The van der Waals surface area contributed by atoms with Crippen LogP contribution in [0.15, 0.2) is 102 Å². The summed E-state index contributed by atoms with van der Waals surface area (Å²) < 4.78 is 37.9. The summed E-state index contributed by atoms with van der Waals surface area (Å²) in [5.41, 5.74) is 9.49. The second-order valence-corrected chi connectivity index (χ2v) is 13.3. The normalized spacial score (nSPS) is 15.6. The van der Waals surface area contributed by atoms with Gasteiger partial charge in [0.1, 0.15) is 0 Å². The smallest absolute Gasteiger partial charge is 0.390 e. The van der Waals surface area contributed by atoms with E-state index >= 15 is 8.63 Å². The van der Waals surface area contributed by atoms with E-state index < -0.39 is 6.97 Å². The molecule has 4 nitrogen and oxygen atoms in total. The Morgan fingerprint density at radius 2 is 1.27 bits per heavy atom. The molecule has 3 heterocycles. The van der Waals surface area contributed by atoms with Gasteiger partial charge >= 0.3 is 6.97 Å². The molecule has 0 bridgehead atoms. The molecule has 0 saturated carbocycles. The van der Waals surface area contributed by atoms with E-state index in [-0.39, 0.29) is 0 Å². The molecule has 6 rings (SSSR count). The van der Waals surface area contributed by atoms with E-state index in [9.17, 15) is 0 Å². The molecule has 3 aromatic carbocycles. The molecule has 228 valence electrons. The fourth-order valence-corrected chi connectivity index (χ4v) is 6.53. The first-order valence-electron chi connectivity index (χ1n) is 15.0. The van der Waals surface area contributed by atoms with Crippen LogP contribution in [0.25, 0.3) is 23.8 Å². The van der Waals surface area contributed by atoms with Crippen LogP contribution in [0, 0.1) is 10.5 Å². The molecule has 0 radical (unpaired) electrons. The Bertz CT molecular complexity index is 1930. The highest BCUT2D eigenvalue weighted by Crippen LogP contribution is 2.44. The predicted molar refractivity (Wildman–Crippen MR) is 196 cm³/mol. The summed E-state index contributed by atoms with van der Waals surface area (Å²) in [5.74, 6) is 0. The van der Waals surface area contributed by atoms with E-state index in [4.69, 9.17) is 0 Å². The first kappa shape index (κ1) is 30.8. The average molecular weight is 712 g/mol. The summed E-state index contributed by atoms with van der Waals surface area (Å²) >= 11 is 2.28. The van der Waals surface area contributed by atoms with Gasteiger partial charge in [-0.1, -0.05) is 42.5 Å². The molecule has 0 aliphatic carbocycles. The number of rotatable bonds is 7. The van der Waals surface area contributed by atoms with Gasteiger partial charge in [0.15, 0.2) is 11.4 Å². The minimum atomic E-state index is -4.23. The standard InChI is InChI=1S/C37H36BF2IN4/c1-25-23-33(21-11-27-7-17-31(18-8-27)42(3)4)44-36(25)35(29-13-15-30(41)16-14-29)37-26(2)24-34(45(37)38(44,39)40)22-12-28-9-19-32(20-10-28)43(5)6/h7-24H,1-6H3/b21-11+,22-12+. The lowest BCUT2D eigenvalue weighted by atomic mass is 9.83. The highest BCUT2D eigenvalue weighted by Gasteiger charge is 2.55. The Balaban J connectivity index is 1.52. The fourth-order valence-electron chi connectivity index (χ4n) is 6.17. The Morgan fingerprint density at radius 1 is 0.733 bits per heavy atom.